The van der Waals surface area contributed by atoms with Gasteiger partial charge >= 0.3 is 5.97 Å². The number of imide groups is 1. The summed E-state index contributed by atoms with van der Waals surface area (Å²) in [5.41, 5.74) is 2.87. The number of hydrogen-bond acceptors (Lipinski definition) is 6. The first-order valence-corrected chi connectivity index (χ1v) is 13.0. The molecule has 1 saturated heterocycles. The highest BCUT2D eigenvalue weighted by Crippen LogP contribution is 2.40. The minimum absolute atomic E-state index is 0.200. The summed E-state index contributed by atoms with van der Waals surface area (Å²) >= 11 is 10.3. The van der Waals surface area contributed by atoms with Crippen LogP contribution < -0.4 is 9.47 Å². The van der Waals surface area contributed by atoms with Crippen molar-refractivity contribution in [1.82, 2.24) is 4.90 Å². The molecule has 0 atom stereocenters. The van der Waals surface area contributed by atoms with Gasteiger partial charge in [-0.1, -0.05) is 47.5 Å². The van der Waals surface area contributed by atoms with Gasteiger partial charge < -0.3 is 9.47 Å². The maximum atomic E-state index is 13.0. The van der Waals surface area contributed by atoms with Crippen molar-refractivity contribution < 1.29 is 23.9 Å². The molecule has 0 unspecified atom stereocenters. The predicted molar refractivity (Wildman–Crippen MR) is 144 cm³/mol. The van der Waals surface area contributed by atoms with Gasteiger partial charge in [-0.15, -0.1) is 0 Å². The third-order valence-electron chi connectivity index (χ3n) is 5.22. The SMILES string of the molecule is CCOc1cc(/C=C2\SC(=O)N(Cc3ccc(C)cc3)C2=O)cc(Br)c1OC(=O)c1cccc(Cl)c1. The summed E-state index contributed by atoms with van der Waals surface area (Å²) in [5.74, 6) is -0.445. The molecule has 0 saturated carbocycles. The van der Waals surface area contributed by atoms with Crippen molar-refractivity contribution >= 4 is 62.5 Å². The average Bonchev–Trinajstić information content (AvgIpc) is 3.10. The second-order valence-electron chi connectivity index (χ2n) is 7.92. The first-order chi connectivity index (χ1) is 17.2. The van der Waals surface area contributed by atoms with E-state index < -0.39 is 5.97 Å². The number of thioether (sulfide) groups is 1. The van der Waals surface area contributed by atoms with E-state index >= 15 is 0 Å². The molecule has 0 radical (unpaired) electrons. The fourth-order valence-corrected chi connectivity index (χ4v) is 5.03. The molecule has 2 amide bonds. The van der Waals surface area contributed by atoms with E-state index in [2.05, 4.69) is 15.9 Å². The third-order valence-corrected chi connectivity index (χ3v) is 6.95. The Balaban J connectivity index is 1.58. The standard InChI is InChI=1S/C27H21BrClNO5S/c1-3-34-22-12-18(11-21(28)24(22)35-26(32)19-5-4-6-20(29)14-19)13-23-25(31)30(27(33)36-23)15-17-9-7-16(2)8-10-17/h4-14H,3,15H2,1-2H3/b23-13-. The van der Waals surface area contributed by atoms with Crippen LogP contribution in [0.4, 0.5) is 4.79 Å². The number of amides is 2. The quantitative estimate of drug-likeness (QED) is 0.165. The molecule has 0 aliphatic carbocycles. The summed E-state index contributed by atoms with van der Waals surface area (Å²) in [7, 11) is 0. The van der Waals surface area contributed by atoms with E-state index in [-0.39, 0.29) is 23.4 Å². The van der Waals surface area contributed by atoms with E-state index in [0.29, 0.717) is 37.9 Å². The fourth-order valence-electron chi connectivity index (χ4n) is 3.46. The summed E-state index contributed by atoms with van der Waals surface area (Å²) in [4.78, 5) is 39.7. The van der Waals surface area contributed by atoms with Gasteiger partial charge in [-0.3, -0.25) is 14.5 Å². The zero-order valence-corrected chi connectivity index (χ0v) is 22.6. The van der Waals surface area contributed by atoms with Gasteiger partial charge in [0.2, 0.25) is 0 Å². The van der Waals surface area contributed by atoms with Crippen LogP contribution in [0.15, 0.2) is 70.0 Å². The first kappa shape index (κ1) is 26.0. The molecule has 1 aliphatic heterocycles. The molecule has 0 aromatic heterocycles. The topological polar surface area (TPSA) is 72.9 Å². The van der Waals surface area contributed by atoms with Crippen LogP contribution in [0.25, 0.3) is 6.08 Å². The smallest absolute Gasteiger partial charge is 0.343 e. The lowest BCUT2D eigenvalue weighted by Crippen LogP contribution is -2.27. The van der Waals surface area contributed by atoms with E-state index in [0.717, 1.165) is 22.9 Å². The van der Waals surface area contributed by atoms with Gasteiger partial charge in [0, 0.05) is 5.02 Å². The van der Waals surface area contributed by atoms with Gasteiger partial charge in [0.25, 0.3) is 11.1 Å². The Labute approximate surface area is 226 Å². The Kier molecular flexibility index (Phi) is 8.18. The average molecular weight is 587 g/mol. The molecule has 1 heterocycles. The number of ether oxygens (including phenoxy) is 2. The number of benzene rings is 3. The van der Waals surface area contributed by atoms with Crippen LogP contribution in [0.5, 0.6) is 11.5 Å². The highest BCUT2D eigenvalue weighted by molar-refractivity contribution is 9.10. The highest BCUT2D eigenvalue weighted by Gasteiger charge is 2.35. The number of carbonyl (C=O) groups excluding carboxylic acids is 3. The van der Waals surface area contributed by atoms with Gasteiger partial charge in [0.1, 0.15) is 0 Å². The van der Waals surface area contributed by atoms with Crippen molar-refractivity contribution in [1.29, 1.82) is 0 Å². The Morgan fingerprint density at radius 2 is 1.86 bits per heavy atom. The van der Waals surface area contributed by atoms with Gasteiger partial charge in [-0.05, 0) is 89.1 Å². The van der Waals surface area contributed by atoms with Crippen LogP contribution in [0.1, 0.15) is 34.0 Å². The highest BCUT2D eigenvalue weighted by atomic mass is 79.9. The lowest BCUT2D eigenvalue weighted by atomic mass is 10.1. The molecule has 1 fully saturated rings. The Hall–Kier alpha value is -3.07. The van der Waals surface area contributed by atoms with Gasteiger partial charge in [0.15, 0.2) is 11.5 Å². The summed E-state index contributed by atoms with van der Waals surface area (Å²) in [6.45, 7) is 4.31. The minimum atomic E-state index is -0.593. The normalized spacial score (nSPS) is 14.4. The molecule has 4 rings (SSSR count). The second-order valence-corrected chi connectivity index (χ2v) is 10.2. The Bertz CT molecular complexity index is 1370. The molecule has 0 spiro atoms. The van der Waals surface area contributed by atoms with Crippen molar-refractivity contribution in [3.63, 3.8) is 0 Å². The van der Waals surface area contributed by atoms with Crippen LogP contribution in [0.2, 0.25) is 5.02 Å². The minimum Gasteiger partial charge on any atom is -0.490 e. The van der Waals surface area contributed by atoms with Crippen molar-refractivity contribution in [2.75, 3.05) is 6.61 Å². The van der Waals surface area contributed by atoms with Crippen molar-refractivity contribution in [3.05, 3.63) is 97.3 Å². The first-order valence-electron chi connectivity index (χ1n) is 11.0. The zero-order chi connectivity index (χ0) is 25.8. The van der Waals surface area contributed by atoms with Crippen LogP contribution in [0.3, 0.4) is 0 Å². The van der Waals surface area contributed by atoms with Gasteiger partial charge in [-0.25, -0.2) is 4.79 Å². The summed E-state index contributed by atoms with van der Waals surface area (Å²) in [5, 5.41) is 0.0863. The lowest BCUT2D eigenvalue weighted by Gasteiger charge is -2.14. The number of rotatable bonds is 7. The molecule has 6 nitrogen and oxygen atoms in total. The monoisotopic (exact) mass is 585 g/mol. The van der Waals surface area contributed by atoms with Crippen LogP contribution in [-0.2, 0) is 11.3 Å². The maximum Gasteiger partial charge on any atom is 0.343 e. The van der Waals surface area contributed by atoms with Crippen molar-refractivity contribution in [2.24, 2.45) is 0 Å². The summed E-state index contributed by atoms with van der Waals surface area (Å²) in [6, 6.07) is 17.5. The zero-order valence-electron chi connectivity index (χ0n) is 19.4. The second kappa shape index (κ2) is 11.3. The number of halogens is 2. The van der Waals surface area contributed by atoms with Crippen molar-refractivity contribution in [2.45, 2.75) is 20.4 Å². The van der Waals surface area contributed by atoms with E-state index in [9.17, 15) is 14.4 Å². The molecular formula is C27H21BrClNO5S. The van der Waals surface area contributed by atoms with E-state index in [1.807, 2.05) is 31.2 Å². The Morgan fingerprint density at radius 1 is 1.11 bits per heavy atom. The molecule has 3 aromatic rings. The lowest BCUT2D eigenvalue weighted by molar-refractivity contribution is -0.123. The number of aryl methyl sites for hydroxylation is 1. The summed E-state index contributed by atoms with van der Waals surface area (Å²) < 4.78 is 11.8. The molecule has 0 bridgehead atoms. The van der Waals surface area contributed by atoms with Crippen LogP contribution in [-0.4, -0.2) is 28.6 Å². The van der Waals surface area contributed by atoms with Gasteiger partial charge in [0.05, 0.1) is 28.1 Å². The van der Waals surface area contributed by atoms with Crippen LogP contribution >= 0.6 is 39.3 Å². The maximum absolute atomic E-state index is 13.0. The Morgan fingerprint density at radius 3 is 2.56 bits per heavy atom. The molecule has 3 aromatic carbocycles. The number of carbonyl (C=O) groups is 3. The largest absolute Gasteiger partial charge is 0.490 e. The number of esters is 1. The summed E-state index contributed by atoms with van der Waals surface area (Å²) in [6.07, 6.45) is 1.62. The van der Waals surface area contributed by atoms with E-state index in [4.69, 9.17) is 21.1 Å². The molecular weight excluding hydrogens is 566 g/mol. The van der Waals surface area contributed by atoms with Crippen molar-refractivity contribution in [3.8, 4) is 11.5 Å². The molecule has 9 heteroatoms. The van der Waals surface area contributed by atoms with Crippen LogP contribution in [0, 0.1) is 6.92 Å². The third kappa shape index (κ3) is 6.00. The molecule has 0 N–H and O–H groups in total. The molecule has 1 aliphatic rings. The van der Waals surface area contributed by atoms with E-state index in [1.165, 1.54) is 11.0 Å². The number of hydrogen-bond donors (Lipinski definition) is 0. The molecule has 36 heavy (non-hydrogen) atoms. The number of nitrogens with zero attached hydrogens (tertiary/aromatic N) is 1. The van der Waals surface area contributed by atoms with Gasteiger partial charge in [-0.2, -0.15) is 0 Å². The predicted octanol–water partition coefficient (Wildman–Crippen LogP) is 7.27. The van der Waals surface area contributed by atoms with E-state index in [1.54, 1.807) is 43.3 Å². The molecule has 184 valence electrons. The fraction of sp³-hybridized carbons (Fsp3) is 0.148.